The van der Waals surface area contributed by atoms with Gasteiger partial charge in [-0.3, -0.25) is 4.79 Å². The van der Waals surface area contributed by atoms with E-state index in [0.29, 0.717) is 13.0 Å². The lowest BCUT2D eigenvalue weighted by Crippen LogP contribution is -2.69. The van der Waals surface area contributed by atoms with Crippen LogP contribution in [0.15, 0.2) is 4.99 Å². The van der Waals surface area contributed by atoms with E-state index < -0.39 is 110 Å². The van der Waals surface area contributed by atoms with Crippen molar-refractivity contribution in [2.24, 2.45) is 33.7 Å². The summed E-state index contributed by atoms with van der Waals surface area (Å²) in [7, 11) is 0. The molecule has 0 aromatic carbocycles. The van der Waals surface area contributed by atoms with Crippen molar-refractivity contribution >= 4 is 11.9 Å². The molecule has 0 spiro atoms. The fourth-order valence-electron chi connectivity index (χ4n) is 6.05. The average Bonchev–Trinajstić information content (AvgIpc) is 3.66. The van der Waals surface area contributed by atoms with Gasteiger partial charge in [-0.05, 0) is 25.8 Å². The minimum atomic E-state index is -1.93. The second kappa shape index (κ2) is 15.6. The molecule has 0 aromatic rings. The minimum absolute atomic E-state index is 0.00787. The van der Waals surface area contributed by atoms with E-state index in [2.05, 4.69) is 15.6 Å². The maximum absolute atomic E-state index is 13.2. The van der Waals surface area contributed by atoms with E-state index in [1.807, 2.05) is 0 Å². The van der Waals surface area contributed by atoms with Crippen LogP contribution in [0.25, 0.3) is 0 Å². The van der Waals surface area contributed by atoms with Gasteiger partial charge < -0.3 is 94.0 Å². The van der Waals surface area contributed by atoms with Crippen LogP contribution in [0.2, 0.25) is 0 Å². The molecule has 46 heavy (non-hydrogen) atoms. The van der Waals surface area contributed by atoms with E-state index in [0.717, 1.165) is 0 Å². The van der Waals surface area contributed by atoms with Gasteiger partial charge in [0, 0.05) is 25.6 Å². The molecular formula is C26H50N8O12. The number of carbonyl (C=O) groups is 1. The monoisotopic (exact) mass is 666 g/mol. The summed E-state index contributed by atoms with van der Waals surface area (Å²) in [6, 6.07) is -5.06. The van der Waals surface area contributed by atoms with Gasteiger partial charge in [0.1, 0.15) is 36.6 Å². The second-order valence-electron chi connectivity index (χ2n) is 12.4. The Morgan fingerprint density at radius 2 is 1.59 bits per heavy atom. The number of nitrogens with zero attached hydrogens (tertiary/aromatic N) is 1. The van der Waals surface area contributed by atoms with Crippen molar-refractivity contribution in [1.29, 1.82) is 0 Å². The Balaban J connectivity index is 1.52. The van der Waals surface area contributed by atoms with Crippen molar-refractivity contribution in [1.82, 2.24) is 10.6 Å². The van der Waals surface area contributed by atoms with Crippen LogP contribution in [-0.4, -0.2) is 171 Å². The summed E-state index contributed by atoms with van der Waals surface area (Å²) in [5.74, 6) is -1.18. The molecule has 266 valence electrons. The Labute approximate surface area is 265 Å². The zero-order valence-electron chi connectivity index (χ0n) is 25.3. The average molecular weight is 667 g/mol. The van der Waals surface area contributed by atoms with Gasteiger partial charge in [0.2, 0.25) is 0 Å². The number of aliphatic imine (C=N–C) groups is 1. The summed E-state index contributed by atoms with van der Waals surface area (Å²) >= 11 is 0. The molecule has 2 heterocycles. The fourth-order valence-corrected chi connectivity index (χ4v) is 6.05. The third-order valence-electron chi connectivity index (χ3n) is 8.91. The first-order valence-corrected chi connectivity index (χ1v) is 15.4. The van der Waals surface area contributed by atoms with Crippen LogP contribution in [0.5, 0.6) is 0 Å². The standard InChI is InChI=1S/C26H50N8O12/c27-9-4-11(33-24(41)26(42)6-15(26)34-25(30)31)21(46-23-18(39)16(29)17(38)14(8-36)44-23)19(40)20(9)45-22-10(28)5-12(37)13(43-22)7-32-2-1-3-35/h9-23,32,35-40,42H,1-8,27-29H2,(H,33,41)(H4,30,31,34)/t9-,10+,11+,12-,13+,14+,15?,16-,17+,18+,19-,20+,21-,22+,23+,26?/m0/s1. The van der Waals surface area contributed by atoms with Crippen molar-refractivity contribution in [3.63, 3.8) is 0 Å². The molecule has 2 aliphatic heterocycles. The topological polar surface area (TPSA) is 362 Å². The summed E-state index contributed by atoms with van der Waals surface area (Å²) in [6.07, 6.45) is -12.5. The molecule has 4 fully saturated rings. The Morgan fingerprint density at radius 3 is 2.24 bits per heavy atom. The molecule has 20 heteroatoms. The number of nitrogens with one attached hydrogen (secondary N) is 2. The smallest absolute Gasteiger partial charge is 0.254 e. The molecule has 0 bridgehead atoms. The molecule has 0 aromatic heterocycles. The van der Waals surface area contributed by atoms with Crippen molar-refractivity contribution in [2.75, 3.05) is 26.3 Å². The number of nitrogens with two attached hydrogens (primary N) is 5. The number of carbonyl (C=O) groups excluding carboxylic acids is 1. The first kappa shape index (κ1) is 37.0. The Bertz CT molecular complexity index is 1040. The number of aliphatic hydroxyl groups is 7. The highest BCUT2D eigenvalue weighted by Gasteiger charge is 2.61. The summed E-state index contributed by atoms with van der Waals surface area (Å²) in [4.78, 5) is 17.0. The summed E-state index contributed by atoms with van der Waals surface area (Å²) < 4.78 is 23.6. The van der Waals surface area contributed by atoms with E-state index >= 15 is 0 Å². The van der Waals surface area contributed by atoms with E-state index in [-0.39, 0.29) is 38.4 Å². The van der Waals surface area contributed by atoms with Gasteiger partial charge >= 0.3 is 0 Å². The van der Waals surface area contributed by atoms with Gasteiger partial charge in [-0.1, -0.05) is 0 Å². The summed E-state index contributed by atoms with van der Waals surface area (Å²) in [5.41, 5.74) is 27.4. The van der Waals surface area contributed by atoms with Crippen LogP contribution in [0.3, 0.4) is 0 Å². The molecule has 2 saturated carbocycles. The SMILES string of the molecule is NC(N)=NC1CC1(O)C(=O)N[C@@H]1C[C@H](N)[C@@H](O[C@H]2O[C@H](CNCCCO)[C@@H](O)C[C@H]2N)[C@H](O)[C@H]1O[C@H]1O[C@H](CO)[C@@H](O)[C@H](N)[C@H]1O. The van der Waals surface area contributed by atoms with E-state index in [1.165, 1.54) is 0 Å². The van der Waals surface area contributed by atoms with Crippen LogP contribution >= 0.6 is 0 Å². The largest absolute Gasteiger partial charge is 0.396 e. The molecule has 16 atom stereocenters. The first-order chi connectivity index (χ1) is 21.7. The molecule has 4 rings (SSSR count). The third-order valence-corrected chi connectivity index (χ3v) is 8.91. The van der Waals surface area contributed by atoms with Gasteiger partial charge in [-0.2, -0.15) is 0 Å². The van der Waals surface area contributed by atoms with E-state index in [1.54, 1.807) is 0 Å². The molecule has 4 aliphatic rings. The molecule has 2 aliphatic carbocycles. The van der Waals surface area contributed by atoms with Crippen LogP contribution in [-0.2, 0) is 23.7 Å². The predicted octanol–water partition coefficient (Wildman–Crippen LogP) is -8.35. The molecule has 1 amide bonds. The fraction of sp³-hybridized carbons (Fsp3) is 0.923. The quantitative estimate of drug-likeness (QED) is 0.0493. The predicted molar refractivity (Wildman–Crippen MR) is 157 cm³/mol. The zero-order valence-corrected chi connectivity index (χ0v) is 25.3. The maximum Gasteiger partial charge on any atom is 0.254 e. The van der Waals surface area contributed by atoms with Crippen LogP contribution in [0.4, 0.5) is 0 Å². The number of guanidine groups is 1. The molecular weight excluding hydrogens is 616 g/mol. The number of ether oxygens (including phenoxy) is 4. The normalized spacial score (nSPS) is 46.0. The second-order valence-corrected chi connectivity index (χ2v) is 12.4. The summed E-state index contributed by atoms with van der Waals surface area (Å²) in [6.45, 7) is 0.0366. The molecule has 0 radical (unpaired) electrons. The molecule has 2 unspecified atom stereocenters. The van der Waals surface area contributed by atoms with Gasteiger partial charge in [0.05, 0.1) is 43.0 Å². The minimum Gasteiger partial charge on any atom is -0.396 e. The summed E-state index contributed by atoms with van der Waals surface area (Å²) in [5, 5.41) is 78.3. The third kappa shape index (κ3) is 8.22. The van der Waals surface area contributed by atoms with Gasteiger partial charge in [-0.25, -0.2) is 4.99 Å². The maximum atomic E-state index is 13.2. The number of rotatable bonds is 13. The van der Waals surface area contributed by atoms with E-state index in [9.17, 15) is 35.4 Å². The van der Waals surface area contributed by atoms with Crippen LogP contribution < -0.4 is 39.3 Å². The van der Waals surface area contributed by atoms with Crippen LogP contribution in [0, 0.1) is 0 Å². The van der Waals surface area contributed by atoms with Gasteiger partial charge in [-0.15, -0.1) is 0 Å². The molecule has 20 nitrogen and oxygen atoms in total. The number of aliphatic hydroxyl groups excluding tert-OH is 6. The molecule has 2 saturated heterocycles. The highest BCUT2D eigenvalue weighted by Crippen LogP contribution is 2.40. The van der Waals surface area contributed by atoms with Gasteiger partial charge in [0.25, 0.3) is 5.91 Å². The highest BCUT2D eigenvalue weighted by molar-refractivity contribution is 5.90. The van der Waals surface area contributed by atoms with Crippen LogP contribution in [0.1, 0.15) is 25.7 Å². The zero-order chi connectivity index (χ0) is 33.9. The first-order valence-electron chi connectivity index (χ1n) is 15.4. The number of hydrogen-bond donors (Lipinski definition) is 14. The van der Waals surface area contributed by atoms with Gasteiger partial charge in [0.15, 0.2) is 24.1 Å². The lowest BCUT2D eigenvalue weighted by Gasteiger charge is -2.48. The lowest BCUT2D eigenvalue weighted by molar-refractivity contribution is -0.316. The Hall–Kier alpha value is -1.86. The molecule has 19 N–H and O–H groups in total. The number of hydrogen-bond acceptors (Lipinski definition) is 17. The Kier molecular flexibility index (Phi) is 12.5. The van der Waals surface area contributed by atoms with Crippen molar-refractivity contribution in [3.8, 4) is 0 Å². The van der Waals surface area contributed by atoms with Crippen molar-refractivity contribution in [3.05, 3.63) is 0 Å². The lowest BCUT2D eigenvalue weighted by atomic mass is 9.83. The highest BCUT2D eigenvalue weighted by atomic mass is 16.7. The van der Waals surface area contributed by atoms with Crippen molar-refractivity contribution in [2.45, 2.75) is 123 Å². The Morgan fingerprint density at radius 1 is 0.913 bits per heavy atom. The van der Waals surface area contributed by atoms with E-state index in [4.69, 9.17) is 52.7 Å². The van der Waals surface area contributed by atoms with Crippen molar-refractivity contribution < 1.29 is 59.5 Å². The number of amides is 1.